The van der Waals surface area contributed by atoms with E-state index in [4.69, 9.17) is 9.84 Å². The molecule has 1 aliphatic rings. The first-order valence-corrected chi connectivity index (χ1v) is 5.79. The largest absolute Gasteiger partial charge is 0.482 e. The number of carbonyl (C=O) groups is 1. The molecule has 1 saturated heterocycles. The van der Waals surface area contributed by atoms with Crippen molar-refractivity contribution in [2.45, 2.75) is 12.3 Å². The molecule has 1 aromatic rings. The minimum absolute atomic E-state index is 0.278. The van der Waals surface area contributed by atoms with E-state index in [1.807, 2.05) is 24.3 Å². The molecule has 4 heteroatoms. The lowest BCUT2D eigenvalue weighted by molar-refractivity contribution is -0.139. The van der Waals surface area contributed by atoms with Crippen LogP contribution in [0, 0.1) is 0 Å². The van der Waals surface area contributed by atoms with Crippen LogP contribution in [0.25, 0.3) is 0 Å². The molecule has 1 aromatic carbocycles. The maximum atomic E-state index is 10.5. The van der Waals surface area contributed by atoms with Crippen molar-refractivity contribution in [1.82, 2.24) is 4.90 Å². The predicted octanol–water partition coefficient (Wildman–Crippen LogP) is 1.57. The third-order valence-electron chi connectivity index (χ3n) is 3.10. The topological polar surface area (TPSA) is 49.8 Å². The molecular weight excluding hydrogens is 218 g/mol. The zero-order valence-corrected chi connectivity index (χ0v) is 9.93. The standard InChI is InChI=1S/C13H17NO3/c1-14-7-6-10(8-14)11-4-2-3-5-12(11)17-9-13(15)16/h2-5,10H,6-9H2,1H3,(H,15,16). The molecule has 0 saturated carbocycles. The highest BCUT2D eigenvalue weighted by molar-refractivity contribution is 5.68. The third-order valence-corrected chi connectivity index (χ3v) is 3.10. The van der Waals surface area contributed by atoms with Crippen LogP contribution in [0.2, 0.25) is 0 Å². The summed E-state index contributed by atoms with van der Waals surface area (Å²) in [6.07, 6.45) is 1.10. The normalized spacial score (nSPS) is 20.4. The molecule has 0 bridgehead atoms. The highest BCUT2D eigenvalue weighted by atomic mass is 16.5. The summed E-state index contributed by atoms with van der Waals surface area (Å²) < 4.78 is 5.33. The van der Waals surface area contributed by atoms with Crippen molar-refractivity contribution in [2.24, 2.45) is 0 Å². The van der Waals surface area contributed by atoms with Crippen molar-refractivity contribution in [1.29, 1.82) is 0 Å². The van der Waals surface area contributed by atoms with E-state index in [0.717, 1.165) is 25.1 Å². The Morgan fingerprint density at radius 2 is 2.29 bits per heavy atom. The summed E-state index contributed by atoms with van der Waals surface area (Å²) >= 11 is 0. The Bertz CT molecular complexity index is 405. The van der Waals surface area contributed by atoms with Crippen molar-refractivity contribution in [2.75, 3.05) is 26.7 Å². The molecule has 92 valence electrons. The van der Waals surface area contributed by atoms with E-state index in [1.54, 1.807) is 0 Å². The Balaban J connectivity index is 2.12. The van der Waals surface area contributed by atoms with Crippen LogP contribution in [0.1, 0.15) is 17.9 Å². The number of para-hydroxylation sites is 1. The fraction of sp³-hybridized carbons (Fsp3) is 0.462. The van der Waals surface area contributed by atoms with Gasteiger partial charge in [0.25, 0.3) is 0 Å². The number of hydrogen-bond donors (Lipinski definition) is 1. The molecule has 0 radical (unpaired) electrons. The molecule has 1 fully saturated rings. The Hall–Kier alpha value is -1.55. The van der Waals surface area contributed by atoms with E-state index in [0.29, 0.717) is 11.7 Å². The molecule has 1 heterocycles. The summed E-state index contributed by atoms with van der Waals surface area (Å²) in [5, 5.41) is 8.64. The van der Waals surface area contributed by atoms with E-state index in [-0.39, 0.29) is 6.61 Å². The summed E-state index contributed by atoms with van der Waals surface area (Å²) in [6, 6.07) is 7.72. The maximum absolute atomic E-state index is 10.5. The Morgan fingerprint density at radius 1 is 1.53 bits per heavy atom. The van der Waals surface area contributed by atoms with E-state index in [1.165, 1.54) is 0 Å². The Morgan fingerprint density at radius 3 is 2.94 bits per heavy atom. The number of carboxylic acids is 1. The van der Waals surface area contributed by atoms with Crippen molar-refractivity contribution < 1.29 is 14.6 Å². The number of benzene rings is 1. The first kappa shape index (κ1) is 11.9. The summed E-state index contributed by atoms with van der Waals surface area (Å²) in [5.41, 5.74) is 1.12. The van der Waals surface area contributed by atoms with Crippen LogP contribution in [0.15, 0.2) is 24.3 Å². The van der Waals surface area contributed by atoms with Crippen LogP contribution >= 0.6 is 0 Å². The second kappa shape index (κ2) is 5.19. The first-order chi connectivity index (χ1) is 8.16. The van der Waals surface area contributed by atoms with E-state index in [2.05, 4.69) is 11.9 Å². The number of nitrogens with zero attached hydrogens (tertiary/aromatic N) is 1. The van der Waals surface area contributed by atoms with Gasteiger partial charge in [-0.15, -0.1) is 0 Å². The summed E-state index contributed by atoms with van der Waals surface area (Å²) in [6.45, 7) is 1.81. The molecule has 2 rings (SSSR count). The average Bonchev–Trinajstić information content (AvgIpc) is 2.73. The molecular formula is C13H17NO3. The number of carboxylic acid groups (broad SMARTS) is 1. The van der Waals surface area contributed by atoms with Crippen LogP contribution in [0.5, 0.6) is 5.75 Å². The maximum Gasteiger partial charge on any atom is 0.341 e. The molecule has 0 amide bonds. The first-order valence-electron chi connectivity index (χ1n) is 5.79. The minimum Gasteiger partial charge on any atom is -0.482 e. The van der Waals surface area contributed by atoms with E-state index >= 15 is 0 Å². The van der Waals surface area contributed by atoms with Crippen molar-refractivity contribution >= 4 is 5.97 Å². The number of aliphatic carboxylic acids is 1. The van der Waals surface area contributed by atoms with E-state index in [9.17, 15) is 4.79 Å². The summed E-state index contributed by atoms with van der Waals surface area (Å²) in [5.74, 6) is 0.212. The van der Waals surface area contributed by atoms with Gasteiger partial charge in [0, 0.05) is 12.5 Å². The fourth-order valence-electron chi connectivity index (χ4n) is 2.28. The second-order valence-corrected chi connectivity index (χ2v) is 4.47. The number of likely N-dealkylation sites (N-methyl/N-ethyl adjacent to an activating group) is 1. The van der Waals surface area contributed by atoms with Crippen molar-refractivity contribution in [3.8, 4) is 5.75 Å². The monoisotopic (exact) mass is 235 g/mol. The van der Waals surface area contributed by atoms with Crippen LogP contribution in [-0.4, -0.2) is 42.7 Å². The number of rotatable bonds is 4. The van der Waals surface area contributed by atoms with Gasteiger partial charge >= 0.3 is 5.97 Å². The van der Waals surface area contributed by atoms with Gasteiger partial charge in [0.05, 0.1) is 0 Å². The smallest absolute Gasteiger partial charge is 0.341 e. The summed E-state index contributed by atoms with van der Waals surface area (Å²) in [7, 11) is 2.10. The second-order valence-electron chi connectivity index (χ2n) is 4.47. The van der Waals surface area contributed by atoms with Crippen molar-refractivity contribution in [3.05, 3.63) is 29.8 Å². The van der Waals surface area contributed by atoms with Crippen molar-refractivity contribution in [3.63, 3.8) is 0 Å². The van der Waals surface area contributed by atoms with Gasteiger partial charge in [0.1, 0.15) is 5.75 Å². The molecule has 1 unspecified atom stereocenters. The van der Waals surface area contributed by atoms with Gasteiger partial charge in [0.2, 0.25) is 0 Å². The highest BCUT2D eigenvalue weighted by Gasteiger charge is 2.23. The fourth-order valence-corrected chi connectivity index (χ4v) is 2.28. The highest BCUT2D eigenvalue weighted by Crippen LogP contribution is 2.32. The number of likely N-dealkylation sites (tertiary alicyclic amines) is 1. The Labute approximate surface area is 101 Å². The Kier molecular flexibility index (Phi) is 3.64. The lowest BCUT2D eigenvalue weighted by Crippen LogP contribution is -2.14. The molecule has 0 spiro atoms. The van der Waals surface area contributed by atoms with E-state index < -0.39 is 5.97 Å². The predicted molar refractivity (Wildman–Crippen MR) is 64.4 cm³/mol. The van der Waals surface area contributed by atoms with Gasteiger partial charge in [-0.2, -0.15) is 0 Å². The third kappa shape index (κ3) is 2.97. The zero-order chi connectivity index (χ0) is 12.3. The number of ether oxygens (including phenoxy) is 1. The van der Waals surface area contributed by atoms with Crippen LogP contribution in [0.3, 0.4) is 0 Å². The van der Waals surface area contributed by atoms with Crippen LogP contribution in [0.4, 0.5) is 0 Å². The molecule has 1 N–H and O–H groups in total. The van der Waals surface area contributed by atoms with Gasteiger partial charge < -0.3 is 14.7 Å². The number of hydrogen-bond acceptors (Lipinski definition) is 3. The van der Waals surface area contributed by atoms with Gasteiger partial charge in [0.15, 0.2) is 6.61 Å². The van der Waals surface area contributed by atoms with Gasteiger partial charge in [-0.25, -0.2) is 4.79 Å². The van der Waals surface area contributed by atoms with Crippen LogP contribution < -0.4 is 4.74 Å². The molecule has 0 aliphatic carbocycles. The minimum atomic E-state index is -0.941. The average molecular weight is 235 g/mol. The lowest BCUT2D eigenvalue weighted by Gasteiger charge is -2.15. The summed E-state index contributed by atoms with van der Waals surface area (Å²) in [4.78, 5) is 12.8. The van der Waals surface area contributed by atoms with Crippen LogP contribution in [-0.2, 0) is 4.79 Å². The molecule has 1 aliphatic heterocycles. The van der Waals surface area contributed by atoms with Gasteiger partial charge in [-0.3, -0.25) is 0 Å². The molecule has 0 aromatic heterocycles. The molecule has 17 heavy (non-hydrogen) atoms. The lowest BCUT2D eigenvalue weighted by atomic mass is 9.97. The molecule has 1 atom stereocenters. The SMILES string of the molecule is CN1CCC(c2ccccc2OCC(=O)O)C1. The van der Waals surface area contributed by atoms with Gasteiger partial charge in [-0.05, 0) is 31.6 Å². The zero-order valence-electron chi connectivity index (χ0n) is 9.93. The van der Waals surface area contributed by atoms with Gasteiger partial charge in [-0.1, -0.05) is 18.2 Å². The molecule has 4 nitrogen and oxygen atoms in total. The quantitative estimate of drug-likeness (QED) is 0.860.